The second-order valence-corrected chi connectivity index (χ2v) is 8.68. The Morgan fingerprint density at radius 3 is 2.50 bits per heavy atom. The molecule has 1 aliphatic carbocycles. The summed E-state index contributed by atoms with van der Waals surface area (Å²) < 4.78 is 16.3. The van der Waals surface area contributed by atoms with Gasteiger partial charge in [-0.1, -0.05) is 24.3 Å². The highest BCUT2D eigenvalue weighted by Gasteiger charge is 2.39. The third-order valence-electron chi connectivity index (χ3n) is 6.49. The molecule has 7 heteroatoms. The molecule has 0 saturated carbocycles. The van der Waals surface area contributed by atoms with Crippen LogP contribution in [-0.2, 0) is 4.79 Å². The van der Waals surface area contributed by atoms with E-state index >= 15 is 0 Å². The molecular formula is C27H26N2O5. The van der Waals surface area contributed by atoms with Crippen LogP contribution in [0.25, 0.3) is 5.57 Å². The standard InChI is InChI=1S/C27H26N2O5/c1-15(2)29(3)22-12-10-19-23(17-7-11-20-21(13-17)34-14-33-20)25(27(30)31)24(26(19)28-22)16-5-8-18(32-4)9-6-16/h5-13,15,23H,14H2,1-4H3,(H,30,31)/t23-/m0/s1. The number of ether oxygens (including phenoxy) is 3. The Labute approximate surface area is 198 Å². The highest BCUT2D eigenvalue weighted by Crippen LogP contribution is 2.49. The normalized spacial score (nSPS) is 16.1. The number of carbonyl (C=O) groups is 1. The van der Waals surface area contributed by atoms with Crippen molar-refractivity contribution in [2.45, 2.75) is 25.8 Å². The van der Waals surface area contributed by atoms with E-state index in [0.29, 0.717) is 28.5 Å². The van der Waals surface area contributed by atoms with E-state index in [4.69, 9.17) is 19.2 Å². The number of fused-ring (bicyclic) bond motifs is 2. The first-order chi connectivity index (χ1) is 16.4. The van der Waals surface area contributed by atoms with Crippen LogP contribution in [0.5, 0.6) is 17.2 Å². The maximum Gasteiger partial charge on any atom is 0.333 e. The lowest BCUT2D eigenvalue weighted by Crippen LogP contribution is -2.26. The van der Waals surface area contributed by atoms with Crippen molar-refractivity contribution in [2.24, 2.45) is 0 Å². The van der Waals surface area contributed by atoms with Crippen molar-refractivity contribution in [1.29, 1.82) is 0 Å². The number of carboxylic acid groups (broad SMARTS) is 1. The molecule has 1 atom stereocenters. The molecule has 174 valence electrons. The van der Waals surface area contributed by atoms with Crippen LogP contribution in [0.15, 0.2) is 60.2 Å². The zero-order valence-corrected chi connectivity index (χ0v) is 19.5. The van der Waals surface area contributed by atoms with Crippen LogP contribution in [0.1, 0.15) is 42.1 Å². The molecule has 34 heavy (non-hydrogen) atoms. The zero-order chi connectivity index (χ0) is 24.0. The van der Waals surface area contributed by atoms with E-state index in [1.807, 2.05) is 61.6 Å². The van der Waals surface area contributed by atoms with E-state index in [-0.39, 0.29) is 18.4 Å². The van der Waals surface area contributed by atoms with Gasteiger partial charge >= 0.3 is 5.97 Å². The summed E-state index contributed by atoms with van der Waals surface area (Å²) in [6, 6.07) is 17.2. The van der Waals surface area contributed by atoms with Gasteiger partial charge in [-0.05, 0) is 60.9 Å². The van der Waals surface area contributed by atoms with Crippen LogP contribution < -0.4 is 19.1 Å². The highest BCUT2D eigenvalue weighted by atomic mass is 16.7. The van der Waals surface area contributed by atoms with E-state index in [9.17, 15) is 9.90 Å². The fraction of sp³-hybridized carbons (Fsp3) is 0.259. The lowest BCUT2D eigenvalue weighted by atomic mass is 9.88. The minimum absolute atomic E-state index is 0.158. The highest BCUT2D eigenvalue weighted by molar-refractivity contribution is 6.06. The molecule has 0 saturated heterocycles. The van der Waals surface area contributed by atoms with Gasteiger partial charge in [0.2, 0.25) is 6.79 Å². The number of anilines is 1. The van der Waals surface area contributed by atoms with Crippen molar-refractivity contribution in [3.8, 4) is 17.2 Å². The first-order valence-electron chi connectivity index (χ1n) is 11.1. The van der Waals surface area contributed by atoms with Crippen molar-refractivity contribution in [2.75, 3.05) is 25.9 Å². The molecule has 2 heterocycles. The maximum absolute atomic E-state index is 12.7. The Kier molecular flexibility index (Phi) is 5.40. The van der Waals surface area contributed by atoms with Crippen LogP contribution in [0.2, 0.25) is 0 Å². The number of methoxy groups -OCH3 is 1. The van der Waals surface area contributed by atoms with Gasteiger partial charge < -0.3 is 24.2 Å². The SMILES string of the molecule is COc1ccc(C2=C(C(=O)O)[C@@H](c3ccc4c(c3)OCO4)c3ccc(N(C)C(C)C)nc32)cc1. The molecule has 1 N–H and O–H groups in total. The van der Waals surface area contributed by atoms with Crippen molar-refractivity contribution in [3.05, 3.63) is 82.6 Å². The van der Waals surface area contributed by atoms with Crippen molar-refractivity contribution >= 4 is 17.4 Å². The van der Waals surface area contributed by atoms with Crippen molar-refractivity contribution < 1.29 is 24.1 Å². The van der Waals surface area contributed by atoms with E-state index in [0.717, 1.165) is 22.5 Å². The number of rotatable bonds is 6. The van der Waals surface area contributed by atoms with Crippen LogP contribution in [-0.4, -0.2) is 43.1 Å². The molecule has 1 aromatic heterocycles. The Bertz CT molecular complexity index is 1300. The van der Waals surface area contributed by atoms with E-state index in [2.05, 4.69) is 18.7 Å². The van der Waals surface area contributed by atoms with Gasteiger partial charge in [0.15, 0.2) is 11.5 Å². The molecule has 0 bridgehead atoms. The average molecular weight is 459 g/mol. The summed E-state index contributed by atoms with van der Waals surface area (Å²) in [5.74, 6) is 1.29. The molecular weight excluding hydrogens is 432 g/mol. The van der Waals surface area contributed by atoms with Gasteiger partial charge in [0.25, 0.3) is 0 Å². The van der Waals surface area contributed by atoms with Crippen LogP contribution >= 0.6 is 0 Å². The Morgan fingerprint density at radius 1 is 1.09 bits per heavy atom. The third-order valence-corrected chi connectivity index (χ3v) is 6.49. The maximum atomic E-state index is 12.7. The number of hydrogen-bond acceptors (Lipinski definition) is 6. The van der Waals surface area contributed by atoms with Gasteiger partial charge in [0, 0.05) is 24.6 Å². The summed E-state index contributed by atoms with van der Waals surface area (Å²) in [6.07, 6.45) is 0. The van der Waals surface area contributed by atoms with Gasteiger partial charge in [0.05, 0.1) is 18.4 Å². The average Bonchev–Trinajstić information content (AvgIpc) is 3.45. The van der Waals surface area contributed by atoms with Crippen LogP contribution in [0.4, 0.5) is 5.82 Å². The Balaban J connectivity index is 1.75. The van der Waals surface area contributed by atoms with Crippen LogP contribution in [0.3, 0.4) is 0 Å². The smallest absolute Gasteiger partial charge is 0.333 e. The first kappa shape index (κ1) is 21.8. The Hall–Kier alpha value is -4.00. The number of hydrogen-bond donors (Lipinski definition) is 1. The Morgan fingerprint density at radius 2 is 1.82 bits per heavy atom. The number of benzene rings is 2. The summed E-state index contributed by atoms with van der Waals surface area (Å²) in [5, 5.41) is 10.4. The number of aliphatic carboxylic acids is 1. The van der Waals surface area contributed by atoms with E-state index in [1.165, 1.54) is 0 Å². The molecule has 0 unspecified atom stereocenters. The molecule has 2 aromatic carbocycles. The molecule has 5 rings (SSSR count). The monoisotopic (exact) mass is 458 g/mol. The number of aromatic nitrogens is 1. The predicted octanol–water partition coefficient (Wildman–Crippen LogP) is 4.70. The molecule has 7 nitrogen and oxygen atoms in total. The lowest BCUT2D eigenvalue weighted by Gasteiger charge is -2.23. The predicted molar refractivity (Wildman–Crippen MR) is 129 cm³/mol. The molecule has 1 aliphatic heterocycles. The number of carboxylic acids is 1. The third kappa shape index (κ3) is 3.53. The second-order valence-electron chi connectivity index (χ2n) is 8.68. The fourth-order valence-electron chi connectivity index (χ4n) is 4.50. The summed E-state index contributed by atoms with van der Waals surface area (Å²) in [5.41, 5.74) is 4.03. The van der Waals surface area contributed by atoms with Crippen LogP contribution in [0, 0.1) is 0 Å². The quantitative estimate of drug-likeness (QED) is 0.574. The van der Waals surface area contributed by atoms with Gasteiger partial charge in [-0.2, -0.15) is 0 Å². The van der Waals surface area contributed by atoms with Crippen molar-refractivity contribution in [3.63, 3.8) is 0 Å². The summed E-state index contributed by atoms with van der Waals surface area (Å²) in [4.78, 5) is 19.8. The fourth-order valence-corrected chi connectivity index (χ4v) is 4.50. The first-order valence-corrected chi connectivity index (χ1v) is 11.1. The number of nitrogens with zero attached hydrogens (tertiary/aromatic N) is 2. The topological polar surface area (TPSA) is 81.1 Å². The summed E-state index contributed by atoms with van der Waals surface area (Å²) in [7, 11) is 3.59. The van der Waals surface area contributed by atoms with Crippen molar-refractivity contribution in [1.82, 2.24) is 4.98 Å². The van der Waals surface area contributed by atoms with Gasteiger partial charge in [-0.15, -0.1) is 0 Å². The zero-order valence-electron chi connectivity index (χ0n) is 19.5. The molecule has 0 fully saturated rings. The second kappa shape index (κ2) is 8.41. The molecule has 0 amide bonds. The van der Waals surface area contributed by atoms with E-state index in [1.54, 1.807) is 7.11 Å². The summed E-state index contributed by atoms with van der Waals surface area (Å²) in [6.45, 7) is 4.34. The lowest BCUT2D eigenvalue weighted by molar-refractivity contribution is -0.132. The minimum Gasteiger partial charge on any atom is -0.497 e. The van der Waals surface area contributed by atoms with Gasteiger partial charge in [-0.25, -0.2) is 9.78 Å². The molecule has 0 radical (unpaired) electrons. The minimum atomic E-state index is -0.981. The summed E-state index contributed by atoms with van der Waals surface area (Å²) >= 11 is 0. The molecule has 0 spiro atoms. The largest absolute Gasteiger partial charge is 0.497 e. The van der Waals surface area contributed by atoms with Gasteiger partial charge in [-0.3, -0.25) is 0 Å². The molecule has 2 aliphatic rings. The van der Waals surface area contributed by atoms with Gasteiger partial charge in [0.1, 0.15) is 11.6 Å². The van der Waals surface area contributed by atoms with E-state index < -0.39 is 11.9 Å². The number of pyridine rings is 1. The molecule has 3 aromatic rings.